The summed E-state index contributed by atoms with van der Waals surface area (Å²) in [7, 11) is 0. The monoisotopic (exact) mass is 275 g/mol. The first-order valence-electron chi connectivity index (χ1n) is 6.27. The van der Waals surface area contributed by atoms with E-state index < -0.39 is 0 Å². The highest BCUT2D eigenvalue weighted by molar-refractivity contribution is 7.97. The Morgan fingerprint density at radius 3 is 2.11 bits per heavy atom. The van der Waals surface area contributed by atoms with Gasteiger partial charge in [0.25, 0.3) is 0 Å². The molecular weight excluding hydrogens is 254 g/mol. The number of nitrogens with two attached hydrogens (primary N) is 1. The molecule has 0 saturated carbocycles. The number of hydrogen-bond donors (Lipinski definition) is 2. The topological polar surface area (TPSA) is 46.2 Å². The Labute approximate surface area is 119 Å². The van der Waals surface area contributed by atoms with E-state index in [1.807, 2.05) is 42.5 Å². The summed E-state index contributed by atoms with van der Waals surface area (Å²) in [6.45, 7) is 3.86. The largest absolute Gasteiger partial charge is 0.393 e. The third-order valence-electron chi connectivity index (χ3n) is 2.53. The van der Waals surface area contributed by atoms with Crippen molar-refractivity contribution >= 4 is 11.9 Å². The van der Waals surface area contributed by atoms with Gasteiger partial charge in [-0.25, -0.2) is 0 Å². The summed E-state index contributed by atoms with van der Waals surface area (Å²) < 4.78 is 0. The van der Waals surface area contributed by atoms with Crippen LogP contribution in [-0.2, 0) is 6.42 Å². The SMILES string of the molecule is CC(O)Cc1ccccc1.Cc1ccc(SN)cc1. The van der Waals surface area contributed by atoms with Crippen molar-refractivity contribution in [1.29, 1.82) is 0 Å². The fourth-order valence-electron chi connectivity index (χ4n) is 1.57. The highest BCUT2D eigenvalue weighted by Gasteiger charge is 1.95. The molecule has 102 valence electrons. The second-order valence-corrected chi connectivity index (χ2v) is 5.18. The van der Waals surface area contributed by atoms with Crippen molar-refractivity contribution in [3.8, 4) is 0 Å². The van der Waals surface area contributed by atoms with E-state index in [4.69, 9.17) is 10.2 Å². The molecule has 0 radical (unpaired) electrons. The van der Waals surface area contributed by atoms with Gasteiger partial charge in [0.15, 0.2) is 0 Å². The maximum atomic E-state index is 9.01. The molecule has 0 aliphatic rings. The zero-order valence-electron chi connectivity index (χ0n) is 11.4. The van der Waals surface area contributed by atoms with Gasteiger partial charge in [-0.3, -0.25) is 5.14 Å². The molecule has 19 heavy (non-hydrogen) atoms. The van der Waals surface area contributed by atoms with E-state index in [-0.39, 0.29) is 6.10 Å². The van der Waals surface area contributed by atoms with Crippen LogP contribution in [0.3, 0.4) is 0 Å². The normalized spacial score (nSPS) is 11.4. The smallest absolute Gasteiger partial charge is 0.0552 e. The molecule has 0 amide bonds. The summed E-state index contributed by atoms with van der Waals surface area (Å²) in [5, 5.41) is 14.3. The molecule has 2 nitrogen and oxygen atoms in total. The lowest BCUT2D eigenvalue weighted by Crippen LogP contribution is -2.03. The number of aryl methyl sites for hydroxylation is 1. The molecule has 0 spiro atoms. The number of hydrogen-bond acceptors (Lipinski definition) is 3. The highest BCUT2D eigenvalue weighted by Crippen LogP contribution is 2.11. The zero-order valence-corrected chi connectivity index (χ0v) is 12.2. The lowest BCUT2D eigenvalue weighted by Gasteiger charge is -2.01. The first-order chi connectivity index (χ1) is 9.11. The first kappa shape index (κ1) is 15.8. The number of aliphatic hydroxyl groups excluding tert-OH is 1. The van der Waals surface area contributed by atoms with Gasteiger partial charge in [0.2, 0.25) is 0 Å². The third kappa shape index (κ3) is 7.01. The molecule has 1 atom stereocenters. The molecule has 1 unspecified atom stereocenters. The Kier molecular flexibility index (Phi) is 7.26. The third-order valence-corrected chi connectivity index (χ3v) is 3.08. The minimum atomic E-state index is -0.234. The van der Waals surface area contributed by atoms with Crippen molar-refractivity contribution in [3.05, 3.63) is 65.7 Å². The fourth-order valence-corrected chi connectivity index (χ4v) is 1.87. The molecule has 3 N–H and O–H groups in total. The van der Waals surface area contributed by atoms with Crippen molar-refractivity contribution in [2.75, 3.05) is 0 Å². The van der Waals surface area contributed by atoms with Crippen LogP contribution in [0.5, 0.6) is 0 Å². The van der Waals surface area contributed by atoms with Crippen molar-refractivity contribution in [3.63, 3.8) is 0 Å². The van der Waals surface area contributed by atoms with Crippen LogP contribution in [-0.4, -0.2) is 11.2 Å². The van der Waals surface area contributed by atoms with Crippen LogP contribution in [0, 0.1) is 6.92 Å². The van der Waals surface area contributed by atoms with Crippen LogP contribution < -0.4 is 5.14 Å². The minimum absolute atomic E-state index is 0.234. The van der Waals surface area contributed by atoms with Gasteiger partial charge in [0.1, 0.15) is 0 Å². The first-order valence-corrected chi connectivity index (χ1v) is 7.15. The molecule has 2 rings (SSSR count). The van der Waals surface area contributed by atoms with Crippen molar-refractivity contribution in [1.82, 2.24) is 0 Å². The van der Waals surface area contributed by atoms with Gasteiger partial charge in [-0.1, -0.05) is 48.0 Å². The maximum Gasteiger partial charge on any atom is 0.0552 e. The molecule has 3 heteroatoms. The van der Waals surface area contributed by atoms with E-state index in [0.717, 1.165) is 11.3 Å². The molecular formula is C16H21NOS. The van der Waals surface area contributed by atoms with Gasteiger partial charge < -0.3 is 5.11 Å². The summed E-state index contributed by atoms with van der Waals surface area (Å²) >= 11 is 1.28. The molecule has 0 aliphatic heterocycles. The Morgan fingerprint density at radius 1 is 1.05 bits per heavy atom. The molecule has 2 aromatic rings. The summed E-state index contributed by atoms with van der Waals surface area (Å²) in [5.41, 5.74) is 2.46. The molecule has 0 aromatic heterocycles. The Morgan fingerprint density at radius 2 is 1.63 bits per heavy atom. The standard InChI is InChI=1S/C9H12O.C7H9NS/c1-8(10)7-9-5-3-2-4-6-9;1-6-2-4-7(9-8)5-3-6/h2-6,8,10H,7H2,1H3;2-5H,8H2,1H3. The average molecular weight is 275 g/mol. The zero-order chi connectivity index (χ0) is 14.1. The van der Waals surface area contributed by atoms with E-state index in [0.29, 0.717) is 0 Å². The van der Waals surface area contributed by atoms with Crippen molar-refractivity contribution in [2.24, 2.45) is 5.14 Å². The van der Waals surface area contributed by atoms with Crippen LogP contribution in [0.2, 0.25) is 0 Å². The fraction of sp³-hybridized carbons (Fsp3) is 0.250. The minimum Gasteiger partial charge on any atom is -0.393 e. The molecule has 0 saturated heterocycles. The van der Waals surface area contributed by atoms with Gasteiger partial charge in [-0.2, -0.15) is 0 Å². The maximum absolute atomic E-state index is 9.01. The molecule has 0 heterocycles. The van der Waals surface area contributed by atoms with Crippen LogP contribution in [0.15, 0.2) is 59.5 Å². The number of rotatable bonds is 3. The van der Waals surface area contributed by atoms with E-state index >= 15 is 0 Å². The van der Waals surface area contributed by atoms with Gasteiger partial charge in [-0.05, 0) is 49.9 Å². The second-order valence-electron chi connectivity index (χ2n) is 4.47. The van der Waals surface area contributed by atoms with Crippen molar-refractivity contribution < 1.29 is 5.11 Å². The Balaban J connectivity index is 0.000000191. The molecule has 2 aromatic carbocycles. The Hall–Kier alpha value is -1.29. The van der Waals surface area contributed by atoms with E-state index in [1.54, 1.807) is 6.92 Å². The molecule has 0 aliphatic carbocycles. The van der Waals surface area contributed by atoms with Gasteiger partial charge >= 0.3 is 0 Å². The lowest BCUT2D eigenvalue weighted by atomic mass is 10.1. The van der Waals surface area contributed by atoms with Crippen molar-refractivity contribution in [2.45, 2.75) is 31.3 Å². The van der Waals surface area contributed by atoms with Gasteiger partial charge in [0.05, 0.1) is 6.10 Å². The number of aliphatic hydroxyl groups is 1. The van der Waals surface area contributed by atoms with Crippen LogP contribution in [0.1, 0.15) is 18.1 Å². The summed E-state index contributed by atoms with van der Waals surface area (Å²) in [6.07, 6.45) is 0.517. The summed E-state index contributed by atoms with van der Waals surface area (Å²) in [6, 6.07) is 18.1. The molecule has 0 fully saturated rings. The summed E-state index contributed by atoms with van der Waals surface area (Å²) in [4.78, 5) is 1.11. The quantitative estimate of drug-likeness (QED) is 0.842. The average Bonchev–Trinajstić information content (AvgIpc) is 2.41. The Bertz CT molecular complexity index is 454. The predicted molar refractivity (Wildman–Crippen MR) is 83.1 cm³/mol. The summed E-state index contributed by atoms with van der Waals surface area (Å²) in [5.74, 6) is 0. The van der Waals surface area contributed by atoms with E-state index in [9.17, 15) is 0 Å². The highest BCUT2D eigenvalue weighted by atomic mass is 32.2. The van der Waals surface area contributed by atoms with Crippen LogP contribution >= 0.6 is 11.9 Å². The predicted octanol–water partition coefficient (Wildman–Crippen LogP) is 3.57. The second kappa shape index (κ2) is 8.75. The number of benzene rings is 2. The van der Waals surface area contributed by atoms with Gasteiger partial charge in [-0.15, -0.1) is 0 Å². The van der Waals surface area contributed by atoms with E-state index in [2.05, 4.69) is 19.1 Å². The lowest BCUT2D eigenvalue weighted by molar-refractivity contribution is 0.195. The van der Waals surface area contributed by atoms with Crippen LogP contribution in [0.25, 0.3) is 0 Å². The van der Waals surface area contributed by atoms with E-state index in [1.165, 1.54) is 23.1 Å². The molecule has 0 bridgehead atoms. The van der Waals surface area contributed by atoms with Gasteiger partial charge in [0, 0.05) is 4.90 Å². The van der Waals surface area contributed by atoms with Crippen LogP contribution in [0.4, 0.5) is 0 Å².